The Labute approximate surface area is 109 Å². The summed E-state index contributed by atoms with van der Waals surface area (Å²) in [4.78, 5) is 0.365. The van der Waals surface area contributed by atoms with E-state index in [1.807, 2.05) is 26.8 Å². The lowest BCUT2D eigenvalue weighted by atomic mass is 10.2. The fourth-order valence-electron chi connectivity index (χ4n) is 2.25. The molecule has 0 bridgehead atoms. The smallest absolute Gasteiger partial charge is 0.243 e. The van der Waals surface area contributed by atoms with Gasteiger partial charge in [0.2, 0.25) is 10.0 Å². The minimum atomic E-state index is -3.40. The summed E-state index contributed by atoms with van der Waals surface area (Å²) >= 11 is 0. The van der Waals surface area contributed by atoms with Gasteiger partial charge in [-0.15, -0.1) is 0 Å². The first kappa shape index (κ1) is 13.5. The van der Waals surface area contributed by atoms with Crippen molar-refractivity contribution in [1.29, 1.82) is 0 Å². The molecule has 1 fully saturated rings. The van der Waals surface area contributed by atoms with Gasteiger partial charge in [-0.25, -0.2) is 8.42 Å². The molecule has 2 rings (SSSR count). The number of rotatable bonds is 2. The van der Waals surface area contributed by atoms with Crippen LogP contribution in [-0.2, 0) is 14.8 Å². The van der Waals surface area contributed by atoms with Crippen LogP contribution in [0.15, 0.2) is 29.2 Å². The van der Waals surface area contributed by atoms with Gasteiger partial charge < -0.3 is 4.74 Å². The molecule has 4 nitrogen and oxygen atoms in total. The van der Waals surface area contributed by atoms with Gasteiger partial charge in [-0.1, -0.05) is 12.1 Å². The molecule has 0 amide bonds. The zero-order chi connectivity index (χ0) is 13.3. The van der Waals surface area contributed by atoms with Crippen LogP contribution >= 0.6 is 0 Å². The molecule has 2 atom stereocenters. The molecule has 1 saturated heterocycles. The van der Waals surface area contributed by atoms with Crippen LogP contribution in [0.1, 0.15) is 19.4 Å². The average molecular weight is 269 g/mol. The summed E-state index contributed by atoms with van der Waals surface area (Å²) in [5.74, 6) is 0. The first-order chi connectivity index (χ1) is 8.39. The van der Waals surface area contributed by atoms with Gasteiger partial charge in [0.25, 0.3) is 0 Å². The van der Waals surface area contributed by atoms with Crippen molar-refractivity contribution in [3.05, 3.63) is 29.8 Å². The SMILES string of the molecule is Cc1cccc(S(=O)(=O)N2CC(C)OC(C)C2)c1. The third-order valence-electron chi connectivity index (χ3n) is 3.01. The molecule has 0 aliphatic carbocycles. The van der Waals surface area contributed by atoms with Gasteiger partial charge in [-0.3, -0.25) is 0 Å². The standard InChI is InChI=1S/C13H19NO3S/c1-10-5-4-6-13(7-10)18(15,16)14-8-11(2)17-12(3)9-14/h4-7,11-12H,8-9H2,1-3H3. The molecule has 1 aliphatic rings. The number of morpholine rings is 1. The van der Waals surface area contributed by atoms with E-state index in [2.05, 4.69) is 0 Å². The second-order valence-electron chi connectivity index (χ2n) is 4.90. The highest BCUT2D eigenvalue weighted by Crippen LogP contribution is 2.21. The maximum Gasteiger partial charge on any atom is 0.243 e. The average Bonchev–Trinajstić information content (AvgIpc) is 2.27. The van der Waals surface area contributed by atoms with E-state index in [0.717, 1.165) is 5.56 Å². The van der Waals surface area contributed by atoms with Crippen LogP contribution in [0.25, 0.3) is 0 Å². The van der Waals surface area contributed by atoms with Gasteiger partial charge in [0.1, 0.15) is 0 Å². The van der Waals surface area contributed by atoms with Gasteiger partial charge in [0.05, 0.1) is 17.1 Å². The maximum atomic E-state index is 12.5. The van der Waals surface area contributed by atoms with Crippen molar-refractivity contribution in [2.24, 2.45) is 0 Å². The zero-order valence-electron chi connectivity index (χ0n) is 11.0. The third kappa shape index (κ3) is 2.74. The number of sulfonamides is 1. The van der Waals surface area contributed by atoms with E-state index in [-0.39, 0.29) is 12.2 Å². The van der Waals surface area contributed by atoms with E-state index in [1.54, 1.807) is 18.2 Å². The Hall–Kier alpha value is -0.910. The molecular formula is C13H19NO3S. The molecular weight excluding hydrogens is 250 g/mol. The van der Waals surface area contributed by atoms with E-state index in [1.165, 1.54) is 4.31 Å². The van der Waals surface area contributed by atoms with Gasteiger partial charge in [0, 0.05) is 13.1 Å². The van der Waals surface area contributed by atoms with Crippen LogP contribution < -0.4 is 0 Å². The first-order valence-corrected chi connectivity index (χ1v) is 7.56. The second-order valence-corrected chi connectivity index (χ2v) is 6.83. The highest BCUT2D eigenvalue weighted by molar-refractivity contribution is 7.89. The molecule has 100 valence electrons. The summed E-state index contributed by atoms with van der Waals surface area (Å²) in [6.45, 7) is 6.52. The molecule has 1 aromatic rings. The van der Waals surface area contributed by atoms with Gasteiger partial charge in [-0.05, 0) is 38.5 Å². The van der Waals surface area contributed by atoms with Crippen LogP contribution in [0.2, 0.25) is 0 Å². The quantitative estimate of drug-likeness (QED) is 0.822. The zero-order valence-corrected chi connectivity index (χ0v) is 11.8. The molecule has 1 aliphatic heterocycles. The van der Waals surface area contributed by atoms with Crippen molar-refractivity contribution in [1.82, 2.24) is 4.31 Å². The monoisotopic (exact) mass is 269 g/mol. The highest BCUT2D eigenvalue weighted by atomic mass is 32.2. The van der Waals surface area contributed by atoms with Crippen molar-refractivity contribution >= 4 is 10.0 Å². The number of hydrogen-bond acceptors (Lipinski definition) is 3. The predicted octanol–water partition coefficient (Wildman–Crippen LogP) is 1.79. The van der Waals surface area contributed by atoms with Crippen LogP contribution in [0.4, 0.5) is 0 Å². The Balaban J connectivity index is 2.31. The lowest BCUT2D eigenvalue weighted by Gasteiger charge is -2.34. The lowest BCUT2D eigenvalue weighted by Crippen LogP contribution is -2.48. The molecule has 0 aromatic heterocycles. The molecule has 2 unspecified atom stereocenters. The second kappa shape index (κ2) is 4.99. The van der Waals surface area contributed by atoms with Crippen LogP contribution in [0.3, 0.4) is 0 Å². The van der Waals surface area contributed by atoms with Crippen LogP contribution in [0, 0.1) is 6.92 Å². The third-order valence-corrected chi connectivity index (χ3v) is 4.84. The summed E-state index contributed by atoms with van der Waals surface area (Å²) < 4.78 is 32.1. The van der Waals surface area contributed by atoms with Crippen molar-refractivity contribution < 1.29 is 13.2 Å². The largest absolute Gasteiger partial charge is 0.373 e. The molecule has 0 N–H and O–H groups in total. The Morgan fingerprint density at radius 1 is 1.22 bits per heavy atom. The Kier molecular flexibility index (Phi) is 3.75. The van der Waals surface area contributed by atoms with Crippen LogP contribution in [0.5, 0.6) is 0 Å². The number of benzene rings is 1. The maximum absolute atomic E-state index is 12.5. The summed E-state index contributed by atoms with van der Waals surface area (Å²) in [6, 6.07) is 7.02. The van der Waals surface area contributed by atoms with Gasteiger partial charge >= 0.3 is 0 Å². The van der Waals surface area contributed by atoms with Gasteiger partial charge in [0.15, 0.2) is 0 Å². The summed E-state index contributed by atoms with van der Waals surface area (Å²) in [5.41, 5.74) is 0.949. The number of aryl methyl sites for hydroxylation is 1. The van der Waals surface area contributed by atoms with Crippen molar-refractivity contribution in [3.8, 4) is 0 Å². The minimum Gasteiger partial charge on any atom is -0.373 e. The lowest BCUT2D eigenvalue weighted by molar-refractivity contribution is -0.0440. The molecule has 0 spiro atoms. The van der Waals surface area contributed by atoms with Crippen LogP contribution in [-0.4, -0.2) is 38.0 Å². The molecule has 1 heterocycles. The predicted molar refractivity (Wildman–Crippen MR) is 69.9 cm³/mol. The van der Waals surface area contributed by atoms with Crippen molar-refractivity contribution in [3.63, 3.8) is 0 Å². The first-order valence-electron chi connectivity index (χ1n) is 6.12. The van der Waals surface area contributed by atoms with E-state index in [9.17, 15) is 8.42 Å². The van der Waals surface area contributed by atoms with E-state index >= 15 is 0 Å². The number of ether oxygens (including phenoxy) is 1. The fourth-order valence-corrected chi connectivity index (χ4v) is 3.95. The Bertz CT molecular complexity index is 517. The minimum absolute atomic E-state index is 0.0617. The van der Waals surface area contributed by atoms with E-state index in [4.69, 9.17) is 4.74 Å². The summed E-state index contributed by atoms with van der Waals surface area (Å²) in [6.07, 6.45) is -0.123. The fraction of sp³-hybridized carbons (Fsp3) is 0.538. The van der Waals surface area contributed by atoms with Crippen molar-refractivity contribution in [2.75, 3.05) is 13.1 Å². The normalized spacial score (nSPS) is 26.2. The van der Waals surface area contributed by atoms with Gasteiger partial charge in [-0.2, -0.15) is 4.31 Å². The van der Waals surface area contributed by atoms with E-state index in [0.29, 0.717) is 18.0 Å². The molecule has 0 radical (unpaired) electrons. The summed E-state index contributed by atoms with van der Waals surface area (Å²) in [5, 5.41) is 0. The highest BCUT2D eigenvalue weighted by Gasteiger charge is 2.32. The Morgan fingerprint density at radius 2 is 1.83 bits per heavy atom. The van der Waals surface area contributed by atoms with Crippen molar-refractivity contribution in [2.45, 2.75) is 37.9 Å². The molecule has 18 heavy (non-hydrogen) atoms. The van der Waals surface area contributed by atoms with E-state index < -0.39 is 10.0 Å². The molecule has 0 saturated carbocycles. The Morgan fingerprint density at radius 3 is 2.39 bits per heavy atom. The summed E-state index contributed by atoms with van der Waals surface area (Å²) in [7, 11) is -3.40. The number of hydrogen-bond donors (Lipinski definition) is 0. The number of nitrogens with zero attached hydrogens (tertiary/aromatic N) is 1. The topological polar surface area (TPSA) is 46.6 Å². The molecule has 1 aromatic carbocycles. The molecule has 5 heteroatoms.